The van der Waals surface area contributed by atoms with Crippen molar-refractivity contribution in [3.63, 3.8) is 0 Å². The number of alkyl halides is 4. The van der Waals surface area contributed by atoms with Crippen LogP contribution in [0.25, 0.3) is 0 Å². The summed E-state index contributed by atoms with van der Waals surface area (Å²) in [5.41, 5.74) is -1.93. The Bertz CT molecular complexity index is 925. The molecule has 13 heteroatoms. The van der Waals surface area contributed by atoms with Gasteiger partial charge in [-0.3, -0.25) is 0 Å². The molecule has 0 aromatic heterocycles. The maximum absolute atomic E-state index is 13.3. The fraction of sp³-hybridized carbons (Fsp3) is 0.364. The van der Waals surface area contributed by atoms with Crippen molar-refractivity contribution in [2.24, 2.45) is 4.40 Å². The molecular formula is C11H11ClF3N3O4S2. The second kappa shape index (κ2) is 5.86. The average Bonchev–Trinajstić information content (AvgIpc) is 2.44. The van der Waals surface area contributed by atoms with Crippen LogP contribution in [0, 0.1) is 0 Å². The molecule has 0 bridgehead atoms. The second-order valence-corrected chi connectivity index (χ2v) is 8.86. The zero-order chi connectivity index (χ0) is 18.5. The van der Waals surface area contributed by atoms with E-state index in [-0.39, 0.29) is 11.7 Å². The highest BCUT2D eigenvalue weighted by Crippen LogP contribution is 2.40. The Morgan fingerprint density at radius 2 is 1.88 bits per heavy atom. The molecule has 0 saturated carbocycles. The van der Waals surface area contributed by atoms with Crippen LogP contribution >= 0.6 is 11.6 Å². The Labute approximate surface area is 141 Å². The molecule has 0 amide bonds. The van der Waals surface area contributed by atoms with Crippen molar-refractivity contribution in [2.45, 2.75) is 16.0 Å². The van der Waals surface area contributed by atoms with Crippen molar-refractivity contribution >= 4 is 43.2 Å². The lowest BCUT2D eigenvalue weighted by atomic mass is 10.2. The average molecular weight is 406 g/mol. The first-order valence-corrected chi connectivity index (χ1v) is 9.57. The zero-order valence-corrected chi connectivity index (χ0v) is 14.6. The predicted octanol–water partition coefficient (Wildman–Crippen LogP) is 1.71. The molecule has 0 atom stereocenters. The van der Waals surface area contributed by atoms with Crippen LogP contribution in [0.1, 0.15) is 5.56 Å². The molecule has 1 N–H and O–H groups in total. The van der Waals surface area contributed by atoms with Gasteiger partial charge in [0.25, 0.3) is 10.0 Å². The molecular weight excluding hydrogens is 395 g/mol. The van der Waals surface area contributed by atoms with Gasteiger partial charge >= 0.3 is 6.18 Å². The van der Waals surface area contributed by atoms with Crippen molar-refractivity contribution in [1.29, 1.82) is 0 Å². The van der Waals surface area contributed by atoms with Gasteiger partial charge in [-0.1, -0.05) is 0 Å². The van der Waals surface area contributed by atoms with Crippen LogP contribution in [0.2, 0.25) is 0 Å². The Hall–Kier alpha value is -1.37. The number of benzene rings is 1. The largest absolute Gasteiger partial charge is 0.417 e. The van der Waals surface area contributed by atoms with Crippen LogP contribution in [0.4, 0.5) is 18.9 Å². The summed E-state index contributed by atoms with van der Waals surface area (Å²) < 4.78 is 92.1. The van der Waals surface area contributed by atoms with E-state index < -0.39 is 47.3 Å². The van der Waals surface area contributed by atoms with Crippen molar-refractivity contribution in [3.05, 3.63) is 17.7 Å². The molecule has 0 radical (unpaired) electrons. The third-order valence-corrected chi connectivity index (χ3v) is 6.52. The minimum Gasteiger partial charge on any atom is -0.341 e. The molecule has 1 aliphatic heterocycles. The smallest absolute Gasteiger partial charge is 0.341 e. The summed E-state index contributed by atoms with van der Waals surface area (Å²) >= 11 is 5.47. The molecule has 0 spiro atoms. The molecule has 2 rings (SSSR count). The molecule has 1 aromatic rings. The van der Waals surface area contributed by atoms with E-state index in [0.717, 1.165) is 14.1 Å². The fourth-order valence-corrected chi connectivity index (χ4v) is 4.47. The summed E-state index contributed by atoms with van der Waals surface area (Å²) in [6, 6.07) is 0.870. The maximum atomic E-state index is 13.3. The Kier molecular flexibility index (Phi) is 4.63. The molecule has 0 saturated heterocycles. The Morgan fingerprint density at radius 3 is 2.33 bits per heavy atom. The van der Waals surface area contributed by atoms with E-state index >= 15 is 0 Å². The van der Waals surface area contributed by atoms with Gasteiger partial charge in [0, 0.05) is 14.1 Å². The number of nitrogens with zero attached hydrogens (tertiary/aromatic N) is 2. The Morgan fingerprint density at radius 1 is 1.29 bits per heavy atom. The quantitative estimate of drug-likeness (QED) is 0.772. The lowest BCUT2D eigenvalue weighted by molar-refractivity contribution is -0.139. The van der Waals surface area contributed by atoms with Crippen LogP contribution in [0.15, 0.2) is 26.3 Å². The first-order chi connectivity index (χ1) is 10.8. The van der Waals surface area contributed by atoms with Gasteiger partial charge in [0.05, 0.1) is 22.0 Å². The number of sulfonamides is 2. The number of fused-ring (bicyclic) bond motifs is 1. The van der Waals surface area contributed by atoms with Crippen molar-refractivity contribution in [2.75, 3.05) is 25.3 Å². The van der Waals surface area contributed by atoms with Gasteiger partial charge in [-0.25, -0.2) is 12.7 Å². The minimum atomic E-state index is -5.02. The lowest BCUT2D eigenvalue weighted by Gasteiger charge is -2.22. The SMILES string of the molecule is CN(C)S(=O)(=O)c1cc2c(cc1C(F)(F)F)NC(CCl)=NS2(=O)=O. The lowest BCUT2D eigenvalue weighted by Crippen LogP contribution is -2.28. The summed E-state index contributed by atoms with van der Waals surface area (Å²) in [6.45, 7) is 0. The van der Waals surface area contributed by atoms with E-state index in [0.29, 0.717) is 16.4 Å². The standard InChI is InChI=1S/C11H11ClF3N3O4S2/c1-18(2)24(21,22)8-4-9-7(3-6(8)11(13,14)15)16-10(5-12)17-23(9,19)20/h3-4H,5H2,1-2H3,(H,16,17). The van der Waals surface area contributed by atoms with Gasteiger partial charge in [-0.05, 0) is 12.1 Å². The van der Waals surface area contributed by atoms with E-state index in [4.69, 9.17) is 11.6 Å². The van der Waals surface area contributed by atoms with E-state index in [2.05, 4.69) is 9.71 Å². The molecule has 0 unspecified atom stereocenters. The van der Waals surface area contributed by atoms with E-state index in [1.54, 1.807) is 0 Å². The van der Waals surface area contributed by atoms with Crippen molar-refractivity contribution in [3.8, 4) is 0 Å². The summed E-state index contributed by atoms with van der Waals surface area (Å²) in [6.07, 6.45) is -5.02. The molecule has 1 heterocycles. The van der Waals surface area contributed by atoms with Gasteiger partial charge < -0.3 is 5.32 Å². The summed E-state index contributed by atoms with van der Waals surface area (Å²) in [4.78, 5) is -1.85. The number of nitrogens with one attached hydrogen (secondary N) is 1. The van der Waals surface area contributed by atoms with Gasteiger partial charge in [0.1, 0.15) is 10.7 Å². The molecule has 1 aromatic carbocycles. The number of hydrogen-bond acceptors (Lipinski definition) is 5. The van der Waals surface area contributed by atoms with E-state index in [9.17, 15) is 30.0 Å². The highest BCUT2D eigenvalue weighted by atomic mass is 35.5. The zero-order valence-electron chi connectivity index (χ0n) is 12.2. The molecule has 7 nitrogen and oxygen atoms in total. The highest BCUT2D eigenvalue weighted by Gasteiger charge is 2.41. The third kappa shape index (κ3) is 3.23. The van der Waals surface area contributed by atoms with Crippen LogP contribution < -0.4 is 5.32 Å². The van der Waals surface area contributed by atoms with Gasteiger partial charge in [-0.2, -0.15) is 21.6 Å². The van der Waals surface area contributed by atoms with Crippen molar-refractivity contribution < 1.29 is 30.0 Å². The first-order valence-electron chi connectivity index (χ1n) is 6.15. The van der Waals surface area contributed by atoms with Gasteiger partial charge in [-0.15, -0.1) is 16.0 Å². The molecule has 1 aliphatic rings. The summed E-state index contributed by atoms with van der Waals surface area (Å²) in [5.74, 6) is -0.641. The monoisotopic (exact) mass is 405 g/mol. The highest BCUT2D eigenvalue weighted by molar-refractivity contribution is 7.91. The topological polar surface area (TPSA) is 95.9 Å². The van der Waals surface area contributed by atoms with Crippen molar-refractivity contribution in [1.82, 2.24) is 4.31 Å². The number of anilines is 1. The molecule has 0 aliphatic carbocycles. The maximum Gasteiger partial charge on any atom is 0.417 e. The fourth-order valence-electron chi connectivity index (χ4n) is 1.93. The van der Waals surface area contributed by atoms with Crippen LogP contribution in [0.5, 0.6) is 0 Å². The third-order valence-electron chi connectivity index (χ3n) is 3.06. The van der Waals surface area contributed by atoms with Crippen LogP contribution in [0.3, 0.4) is 0 Å². The second-order valence-electron chi connectivity index (χ2n) is 4.90. The van der Waals surface area contributed by atoms with Gasteiger partial charge in [0.2, 0.25) is 10.0 Å². The molecule has 24 heavy (non-hydrogen) atoms. The predicted molar refractivity (Wildman–Crippen MR) is 81.3 cm³/mol. The number of halogens is 4. The van der Waals surface area contributed by atoms with E-state index in [1.165, 1.54) is 0 Å². The number of amidine groups is 1. The number of hydrogen-bond donors (Lipinski definition) is 1. The van der Waals surface area contributed by atoms with Crippen LogP contribution in [-0.2, 0) is 26.2 Å². The minimum absolute atomic E-state index is 0.263. The summed E-state index contributed by atoms with van der Waals surface area (Å²) in [5, 5.41) is 2.35. The summed E-state index contributed by atoms with van der Waals surface area (Å²) in [7, 11) is -6.86. The van der Waals surface area contributed by atoms with Gasteiger partial charge in [0.15, 0.2) is 0 Å². The number of rotatable bonds is 3. The normalized spacial score (nSPS) is 17.2. The van der Waals surface area contributed by atoms with E-state index in [1.807, 2.05) is 0 Å². The molecule has 0 fully saturated rings. The Balaban J connectivity index is 2.88. The first kappa shape index (κ1) is 19.0. The van der Waals surface area contributed by atoms with Crippen LogP contribution in [-0.4, -0.2) is 47.0 Å². The molecule has 134 valence electrons.